The molecule has 0 fully saturated rings. The van der Waals surface area contributed by atoms with E-state index >= 15 is 0 Å². The summed E-state index contributed by atoms with van der Waals surface area (Å²) < 4.78 is 5.35. The van der Waals surface area contributed by atoms with Crippen LogP contribution in [0.25, 0.3) is 38.5 Å². The fourth-order valence-corrected chi connectivity index (χ4v) is 6.40. The SMILES string of the molecule is COc1ccc(Nc2ccc(-c3nc4ccccc4cc3C#N)c3ccc4c(c23)C(=O)CC2=C4C=CCC2(C)C)cc1. The van der Waals surface area contributed by atoms with Crippen molar-refractivity contribution in [3.8, 4) is 23.1 Å². The van der Waals surface area contributed by atoms with Crippen molar-refractivity contribution in [2.24, 2.45) is 5.41 Å². The number of Topliss-reactive ketones (excluding diaryl/α,β-unsaturated/α-hetero) is 1. The minimum Gasteiger partial charge on any atom is -0.497 e. The number of anilines is 2. The zero-order valence-corrected chi connectivity index (χ0v) is 23.8. The Morgan fingerprint density at radius 3 is 2.55 bits per heavy atom. The van der Waals surface area contributed by atoms with E-state index in [9.17, 15) is 10.1 Å². The Balaban J connectivity index is 1.52. The van der Waals surface area contributed by atoms with E-state index in [1.807, 2.05) is 66.7 Å². The van der Waals surface area contributed by atoms with Gasteiger partial charge in [-0.15, -0.1) is 0 Å². The number of ether oxygens (including phenoxy) is 1. The number of methoxy groups -OCH3 is 1. The molecule has 5 nitrogen and oxygen atoms in total. The number of hydrogen-bond acceptors (Lipinski definition) is 5. The first-order valence-electron chi connectivity index (χ1n) is 14.1. The van der Waals surface area contributed by atoms with Crippen LogP contribution in [-0.4, -0.2) is 17.9 Å². The van der Waals surface area contributed by atoms with Gasteiger partial charge in [0.05, 0.1) is 23.9 Å². The molecule has 5 heteroatoms. The number of aromatic nitrogens is 1. The maximum atomic E-state index is 14.1. The molecule has 7 rings (SSSR count). The molecule has 0 aliphatic heterocycles. The summed E-state index contributed by atoms with van der Waals surface area (Å²) in [5.41, 5.74) is 8.39. The molecule has 1 aromatic heterocycles. The first-order chi connectivity index (χ1) is 20.4. The molecule has 42 heavy (non-hydrogen) atoms. The molecule has 0 radical (unpaired) electrons. The van der Waals surface area contributed by atoms with Crippen molar-refractivity contribution in [1.29, 1.82) is 5.26 Å². The van der Waals surface area contributed by atoms with E-state index in [4.69, 9.17) is 9.72 Å². The number of nitrogens with one attached hydrogen (secondary N) is 1. The van der Waals surface area contributed by atoms with Gasteiger partial charge in [-0.2, -0.15) is 5.26 Å². The van der Waals surface area contributed by atoms with Gasteiger partial charge in [-0.1, -0.05) is 62.4 Å². The molecule has 0 unspecified atom stereocenters. The second-order valence-electron chi connectivity index (χ2n) is 11.6. The average Bonchev–Trinajstić information content (AvgIpc) is 3.01. The highest BCUT2D eigenvalue weighted by atomic mass is 16.5. The van der Waals surface area contributed by atoms with Gasteiger partial charge >= 0.3 is 0 Å². The van der Waals surface area contributed by atoms with Gasteiger partial charge in [-0.25, -0.2) is 4.98 Å². The fraction of sp³-hybridized carbons (Fsp3) is 0.162. The van der Waals surface area contributed by atoms with Crippen LogP contribution in [0, 0.1) is 16.7 Å². The first kappa shape index (κ1) is 25.7. The Labute approximate surface area is 244 Å². The lowest BCUT2D eigenvalue weighted by atomic mass is 9.68. The third-order valence-corrected chi connectivity index (χ3v) is 8.61. The number of carbonyl (C=O) groups excluding carboxylic acids is 1. The van der Waals surface area contributed by atoms with Gasteiger partial charge in [0.2, 0.25) is 0 Å². The monoisotopic (exact) mass is 547 g/mol. The number of allylic oxidation sites excluding steroid dienone is 4. The van der Waals surface area contributed by atoms with Crippen LogP contribution >= 0.6 is 0 Å². The van der Waals surface area contributed by atoms with Crippen molar-refractivity contribution in [1.82, 2.24) is 4.98 Å². The van der Waals surface area contributed by atoms with Gasteiger partial charge in [0.15, 0.2) is 5.78 Å². The second-order valence-corrected chi connectivity index (χ2v) is 11.6. The molecule has 0 spiro atoms. The van der Waals surface area contributed by atoms with E-state index in [-0.39, 0.29) is 11.2 Å². The van der Waals surface area contributed by atoms with E-state index in [0.717, 1.165) is 61.9 Å². The predicted octanol–water partition coefficient (Wildman–Crippen LogP) is 9.00. The molecule has 2 aliphatic rings. The van der Waals surface area contributed by atoms with E-state index in [0.29, 0.717) is 23.2 Å². The standard InChI is InChI=1S/C37H29N3O2/c1-37(2)18-6-8-26-27-14-15-28-29(36-23(21-38)19-22-7-4-5-9-31(22)40-36)16-17-32(34(28)35(27)33(41)20-30(26)37)39-24-10-12-25(42-3)13-11-24/h4-17,19,39H,18,20H2,1-3H3. The van der Waals surface area contributed by atoms with Crippen molar-refractivity contribution in [3.05, 3.63) is 113 Å². The van der Waals surface area contributed by atoms with Crippen LogP contribution < -0.4 is 10.1 Å². The van der Waals surface area contributed by atoms with Crippen LogP contribution in [0.4, 0.5) is 11.4 Å². The normalized spacial score (nSPS) is 15.3. The van der Waals surface area contributed by atoms with Crippen molar-refractivity contribution >= 4 is 44.4 Å². The Hall–Kier alpha value is -5.21. The third-order valence-electron chi connectivity index (χ3n) is 8.61. The predicted molar refractivity (Wildman–Crippen MR) is 169 cm³/mol. The van der Waals surface area contributed by atoms with Crippen LogP contribution in [-0.2, 0) is 0 Å². The lowest BCUT2D eigenvalue weighted by Gasteiger charge is -2.36. The Kier molecular flexibility index (Phi) is 5.95. The summed E-state index contributed by atoms with van der Waals surface area (Å²) in [6.45, 7) is 4.43. The topological polar surface area (TPSA) is 75.0 Å². The molecule has 0 amide bonds. The van der Waals surface area contributed by atoms with Gasteiger partial charge in [-0.3, -0.25) is 4.79 Å². The summed E-state index contributed by atoms with van der Waals surface area (Å²) in [6, 6.07) is 28.0. The minimum absolute atomic E-state index is 0.0743. The third kappa shape index (κ3) is 4.07. The van der Waals surface area contributed by atoms with Gasteiger partial charge in [-0.05, 0) is 76.4 Å². The lowest BCUT2D eigenvalue weighted by Crippen LogP contribution is -2.24. The minimum atomic E-state index is -0.0743. The van der Waals surface area contributed by atoms with Crippen LogP contribution in [0.2, 0.25) is 0 Å². The second kappa shape index (κ2) is 9.71. The summed E-state index contributed by atoms with van der Waals surface area (Å²) in [5.74, 6) is 0.880. The number of hydrogen-bond donors (Lipinski definition) is 1. The van der Waals surface area contributed by atoms with Gasteiger partial charge in [0.1, 0.15) is 11.8 Å². The quantitative estimate of drug-likeness (QED) is 0.243. The molecule has 4 aromatic carbocycles. The number of carbonyl (C=O) groups is 1. The number of nitriles is 1. The van der Waals surface area contributed by atoms with Crippen molar-refractivity contribution in [3.63, 3.8) is 0 Å². The number of benzene rings is 4. The van der Waals surface area contributed by atoms with Crippen LogP contribution in [0.5, 0.6) is 5.75 Å². The maximum Gasteiger partial charge on any atom is 0.168 e. The van der Waals surface area contributed by atoms with Crippen molar-refractivity contribution in [2.45, 2.75) is 26.7 Å². The maximum absolute atomic E-state index is 14.1. The van der Waals surface area contributed by atoms with Crippen LogP contribution in [0.1, 0.15) is 48.2 Å². The Morgan fingerprint density at radius 1 is 0.976 bits per heavy atom. The average molecular weight is 548 g/mol. The van der Waals surface area contributed by atoms with Crippen LogP contribution in [0.15, 0.2) is 96.6 Å². The van der Waals surface area contributed by atoms with Crippen molar-refractivity contribution in [2.75, 3.05) is 12.4 Å². The molecule has 0 bridgehead atoms. The highest BCUT2D eigenvalue weighted by Gasteiger charge is 2.35. The van der Waals surface area contributed by atoms with Crippen LogP contribution in [0.3, 0.4) is 0 Å². The summed E-state index contributed by atoms with van der Waals surface area (Å²) in [6.07, 6.45) is 5.70. The van der Waals surface area contributed by atoms with Gasteiger partial charge in [0.25, 0.3) is 0 Å². The first-order valence-corrected chi connectivity index (χ1v) is 14.1. The number of pyridine rings is 1. The molecular formula is C37H29N3O2. The Morgan fingerprint density at radius 2 is 1.76 bits per heavy atom. The van der Waals surface area contributed by atoms with E-state index in [1.54, 1.807) is 7.11 Å². The summed E-state index contributed by atoms with van der Waals surface area (Å²) in [7, 11) is 1.65. The van der Waals surface area contributed by atoms with E-state index in [1.165, 1.54) is 5.57 Å². The number of ketones is 1. The molecule has 0 saturated carbocycles. The number of para-hydroxylation sites is 1. The zero-order chi connectivity index (χ0) is 29.0. The summed E-state index contributed by atoms with van der Waals surface area (Å²) in [4.78, 5) is 19.1. The summed E-state index contributed by atoms with van der Waals surface area (Å²) in [5, 5.41) is 16.3. The molecule has 204 valence electrons. The largest absolute Gasteiger partial charge is 0.497 e. The van der Waals surface area contributed by atoms with Crippen molar-refractivity contribution < 1.29 is 9.53 Å². The molecule has 0 saturated heterocycles. The van der Waals surface area contributed by atoms with E-state index < -0.39 is 0 Å². The highest BCUT2D eigenvalue weighted by molar-refractivity contribution is 6.21. The van der Waals surface area contributed by atoms with E-state index in [2.05, 4.69) is 49.5 Å². The molecule has 5 aromatic rings. The lowest BCUT2D eigenvalue weighted by molar-refractivity contribution is 0.0985. The number of rotatable bonds is 4. The molecule has 0 atom stereocenters. The molecule has 1 heterocycles. The zero-order valence-electron chi connectivity index (χ0n) is 23.8. The van der Waals surface area contributed by atoms with Gasteiger partial charge in [0, 0.05) is 39.7 Å². The molecule has 1 N–H and O–H groups in total. The molecular weight excluding hydrogens is 518 g/mol. The summed E-state index contributed by atoms with van der Waals surface area (Å²) >= 11 is 0. The smallest absolute Gasteiger partial charge is 0.168 e. The number of fused-ring (bicyclic) bond motifs is 5. The fourth-order valence-electron chi connectivity index (χ4n) is 6.40. The molecule has 2 aliphatic carbocycles. The highest BCUT2D eigenvalue weighted by Crippen LogP contribution is 2.49. The number of nitrogens with zero attached hydrogens (tertiary/aromatic N) is 2. The van der Waals surface area contributed by atoms with Gasteiger partial charge < -0.3 is 10.1 Å². The Bertz CT molecular complexity index is 2040.